The van der Waals surface area contributed by atoms with E-state index in [-0.39, 0.29) is 18.4 Å². The van der Waals surface area contributed by atoms with Crippen molar-refractivity contribution in [3.8, 4) is 0 Å². The molecule has 2 aromatic carbocycles. The van der Waals surface area contributed by atoms with Gasteiger partial charge in [0, 0.05) is 27.1 Å². The lowest BCUT2D eigenvalue weighted by atomic mass is 10.2. The van der Waals surface area contributed by atoms with Gasteiger partial charge in [0.1, 0.15) is 0 Å². The Hall–Kier alpha value is -2.09. The number of carbonyl (C=O) groups is 2. The molecule has 0 saturated heterocycles. The van der Waals surface area contributed by atoms with Gasteiger partial charge in [0.15, 0.2) is 0 Å². The molecule has 0 aliphatic carbocycles. The molecule has 2 rings (SSSR count). The highest BCUT2D eigenvalue weighted by Crippen LogP contribution is 2.16. The molecule has 0 spiro atoms. The zero-order valence-corrected chi connectivity index (χ0v) is 17.0. The predicted octanol–water partition coefficient (Wildman–Crippen LogP) is 4.86. The molecule has 2 amide bonds. The quantitative estimate of drug-likeness (QED) is 0.366. The number of hydrogen-bond acceptors (Lipinski definition) is 3. The summed E-state index contributed by atoms with van der Waals surface area (Å²) in [6.07, 6.45) is 3.59. The van der Waals surface area contributed by atoms with Crippen molar-refractivity contribution < 1.29 is 9.59 Å². The van der Waals surface area contributed by atoms with Crippen molar-refractivity contribution in [2.24, 2.45) is 0 Å². The van der Waals surface area contributed by atoms with E-state index in [1.807, 2.05) is 48.5 Å². The highest BCUT2D eigenvalue weighted by Gasteiger charge is 2.05. The van der Waals surface area contributed by atoms with E-state index < -0.39 is 0 Å². The molecule has 0 unspecified atom stereocenters. The van der Waals surface area contributed by atoms with Crippen molar-refractivity contribution in [1.82, 2.24) is 0 Å². The Morgan fingerprint density at radius 2 is 1.58 bits per heavy atom. The van der Waals surface area contributed by atoms with Gasteiger partial charge in [-0.1, -0.05) is 25.8 Å². The van der Waals surface area contributed by atoms with E-state index in [0.717, 1.165) is 39.9 Å². The first-order valence-electron chi connectivity index (χ1n) is 8.76. The molecule has 0 fully saturated rings. The zero-order valence-electron chi connectivity index (χ0n) is 14.8. The zero-order chi connectivity index (χ0) is 18.8. The molecular weight excluding hydrogens is 441 g/mol. The molecule has 0 aliphatic heterocycles. The van der Waals surface area contributed by atoms with E-state index >= 15 is 0 Å². The van der Waals surface area contributed by atoms with Crippen molar-refractivity contribution in [3.63, 3.8) is 0 Å². The van der Waals surface area contributed by atoms with Gasteiger partial charge in [-0.2, -0.15) is 0 Å². The molecule has 6 heteroatoms. The van der Waals surface area contributed by atoms with Crippen LogP contribution >= 0.6 is 22.6 Å². The van der Waals surface area contributed by atoms with Crippen LogP contribution in [0, 0.1) is 3.57 Å². The van der Waals surface area contributed by atoms with Gasteiger partial charge in [0.2, 0.25) is 11.8 Å². The van der Waals surface area contributed by atoms with Crippen LogP contribution in [-0.4, -0.2) is 18.4 Å². The first-order chi connectivity index (χ1) is 12.6. The summed E-state index contributed by atoms with van der Waals surface area (Å²) in [6.45, 7) is 2.27. The number of anilines is 3. The smallest absolute Gasteiger partial charge is 0.243 e. The fraction of sp³-hybridized carbons (Fsp3) is 0.300. The van der Waals surface area contributed by atoms with Crippen LogP contribution in [0.15, 0.2) is 48.5 Å². The first kappa shape index (κ1) is 20.2. The van der Waals surface area contributed by atoms with Crippen LogP contribution in [0.2, 0.25) is 0 Å². The molecule has 0 atom stereocenters. The van der Waals surface area contributed by atoms with Gasteiger partial charge >= 0.3 is 0 Å². The second-order valence-corrected chi connectivity index (χ2v) is 7.24. The summed E-state index contributed by atoms with van der Waals surface area (Å²) in [6, 6.07) is 15.0. The van der Waals surface area contributed by atoms with Gasteiger partial charge in [-0.05, 0) is 71.5 Å². The monoisotopic (exact) mass is 465 g/mol. The summed E-state index contributed by atoms with van der Waals surface area (Å²) in [5.74, 6) is -0.104. The number of unbranched alkanes of at least 4 members (excludes halogenated alkanes) is 2. The predicted molar refractivity (Wildman–Crippen MR) is 115 cm³/mol. The fourth-order valence-corrected chi connectivity index (χ4v) is 2.75. The van der Waals surface area contributed by atoms with Gasteiger partial charge in [0.25, 0.3) is 0 Å². The van der Waals surface area contributed by atoms with E-state index in [1.165, 1.54) is 0 Å². The van der Waals surface area contributed by atoms with E-state index in [4.69, 9.17) is 0 Å². The normalized spacial score (nSPS) is 10.2. The van der Waals surface area contributed by atoms with Gasteiger partial charge in [-0.15, -0.1) is 0 Å². The van der Waals surface area contributed by atoms with Crippen molar-refractivity contribution in [1.29, 1.82) is 0 Å². The Bertz CT molecular complexity index is 732. The van der Waals surface area contributed by atoms with Crippen molar-refractivity contribution in [2.75, 3.05) is 22.5 Å². The molecular formula is C20H24IN3O2. The maximum absolute atomic E-state index is 12.0. The van der Waals surface area contributed by atoms with Crippen molar-refractivity contribution >= 4 is 51.5 Å². The van der Waals surface area contributed by atoms with Gasteiger partial charge in [-0.25, -0.2) is 0 Å². The third-order valence-electron chi connectivity index (χ3n) is 3.73. The van der Waals surface area contributed by atoms with Gasteiger partial charge < -0.3 is 16.0 Å². The largest absolute Gasteiger partial charge is 0.376 e. The topological polar surface area (TPSA) is 70.2 Å². The molecule has 138 valence electrons. The number of carbonyl (C=O) groups excluding carboxylic acids is 2. The molecule has 26 heavy (non-hydrogen) atoms. The number of hydrogen-bond donors (Lipinski definition) is 3. The maximum atomic E-state index is 12.0. The standard InChI is InChI=1S/C20H24IN3O2/c1-2-3-4-8-19(25)24-18-7-5-6-17(13-18)22-14-20(26)23-16-11-9-15(21)10-12-16/h5-7,9-13,22H,2-4,8,14H2,1H3,(H,23,26)(H,24,25). The lowest BCUT2D eigenvalue weighted by molar-refractivity contribution is -0.116. The molecule has 0 aromatic heterocycles. The fourth-order valence-electron chi connectivity index (χ4n) is 2.39. The Labute approximate surface area is 168 Å². The Balaban J connectivity index is 1.81. The second kappa shape index (κ2) is 10.8. The van der Waals surface area contributed by atoms with Crippen LogP contribution in [0.5, 0.6) is 0 Å². The molecule has 3 N–H and O–H groups in total. The average molecular weight is 465 g/mol. The van der Waals surface area contributed by atoms with E-state index in [1.54, 1.807) is 0 Å². The number of rotatable bonds is 9. The molecule has 0 saturated carbocycles. The van der Waals surface area contributed by atoms with Crippen LogP contribution in [0.25, 0.3) is 0 Å². The Morgan fingerprint density at radius 3 is 2.31 bits per heavy atom. The minimum Gasteiger partial charge on any atom is -0.376 e. The summed E-state index contributed by atoms with van der Waals surface area (Å²) in [5.41, 5.74) is 2.29. The van der Waals surface area contributed by atoms with Gasteiger partial charge in [-0.3, -0.25) is 9.59 Å². The molecule has 5 nitrogen and oxygen atoms in total. The number of halogens is 1. The van der Waals surface area contributed by atoms with Crippen molar-refractivity contribution in [2.45, 2.75) is 32.6 Å². The third kappa shape index (κ3) is 7.43. The molecule has 0 bridgehead atoms. The van der Waals surface area contributed by atoms with Crippen LogP contribution in [0.3, 0.4) is 0 Å². The summed E-state index contributed by atoms with van der Waals surface area (Å²) >= 11 is 2.22. The van der Waals surface area contributed by atoms with Crippen LogP contribution < -0.4 is 16.0 Å². The number of benzene rings is 2. The van der Waals surface area contributed by atoms with Gasteiger partial charge in [0.05, 0.1) is 6.54 Å². The summed E-state index contributed by atoms with van der Waals surface area (Å²) < 4.78 is 1.12. The number of nitrogens with one attached hydrogen (secondary N) is 3. The average Bonchev–Trinajstić information content (AvgIpc) is 2.62. The van der Waals surface area contributed by atoms with Crippen molar-refractivity contribution in [3.05, 3.63) is 52.1 Å². The number of amides is 2. The summed E-state index contributed by atoms with van der Waals surface area (Å²) in [4.78, 5) is 23.9. The Morgan fingerprint density at radius 1 is 0.885 bits per heavy atom. The van der Waals surface area contributed by atoms with E-state index in [0.29, 0.717) is 6.42 Å². The SMILES string of the molecule is CCCCCC(=O)Nc1cccc(NCC(=O)Nc2ccc(I)cc2)c1. The minimum atomic E-state index is -0.125. The van der Waals surface area contributed by atoms with E-state index in [9.17, 15) is 9.59 Å². The molecule has 0 radical (unpaired) electrons. The molecule has 0 aliphatic rings. The van der Waals surface area contributed by atoms with Crippen LogP contribution in [0.1, 0.15) is 32.6 Å². The highest BCUT2D eigenvalue weighted by molar-refractivity contribution is 14.1. The summed E-state index contributed by atoms with van der Waals surface area (Å²) in [7, 11) is 0. The molecule has 2 aromatic rings. The lowest BCUT2D eigenvalue weighted by Gasteiger charge is -2.10. The second-order valence-electron chi connectivity index (χ2n) is 5.99. The van der Waals surface area contributed by atoms with Crippen LogP contribution in [-0.2, 0) is 9.59 Å². The summed E-state index contributed by atoms with van der Waals surface area (Å²) in [5, 5.41) is 8.81. The van der Waals surface area contributed by atoms with Crippen LogP contribution in [0.4, 0.5) is 17.1 Å². The minimum absolute atomic E-state index is 0.0204. The highest BCUT2D eigenvalue weighted by atomic mass is 127. The first-order valence-corrected chi connectivity index (χ1v) is 9.84. The third-order valence-corrected chi connectivity index (χ3v) is 4.45. The molecule has 0 heterocycles. The van der Waals surface area contributed by atoms with E-state index in [2.05, 4.69) is 45.5 Å². The maximum Gasteiger partial charge on any atom is 0.243 e. The lowest BCUT2D eigenvalue weighted by Crippen LogP contribution is -2.21. The Kier molecular flexibility index (Phi) is 8.40.